The van der Waals surface area contributed by atoms with E-state index in [1.54, 1.807) is 0 Å². The number of carbonyl (C=O) groups excluding carboxylic acids is 1. The number of ether oxygens (including phenoxy) is 1. The van der Waals surface area contributed by atoms with Gasteiger partial charge in [0.2, 0.25) is 5.91 Å². The van der Waals surface area contributed by atoms with E-state index in [0.29, 0.717) is 5.91 Å². The fourth-order valence-electron chi connectivity index (χ4n) is 3.01. The van der Waals surface area contributed by atoms with Crippen molar-refractivity contribution in [2.75, 3.05) is 32.8 Å². The number of likely N-dealkylation sites (N-methyl/N-ethyl adjacent to an activating group) is 1. The van der Waals surface area contributed by atoms with Crippen LogP contribution in [-0.4, -0.2) is 49.7 Å². The van der Waals surface area contributed by atoms with E-state index in [0.717, 1.165) is 58.5 Å². The Morgan fingerprint density at radius 2 is 2.26 bits per heavy atom. The van der Waals surface area contributed by atoms with Crippen molar-refractivity contribution in [2.45, 2.75) is 45.6 Å². The molecule has 0 saturated carbocycles. The molecule has 2 aliphatic heterocycles. The second-order valence-corrected chi connectivity index (χ2v) is 5.82. The molecule has 0 aromatic heterocycles. The largest absolute Gasteiger partial charge is 0.376 e. The van der Waals surface area contributed by atoms with Gasteiger partial charge in [-0.3, -0.25) is 4.79 Å². The Morgan fingerprint density at radius 1 is 1.47 bits per heavy atom. The molecular formula is C14H27ClN2O2. The minimum Gasteiger partial charge on any atom is -0.376 e. The molecule has 1 N–H and O–H groups in total. The molecule has 0 bridgehead atoms. The summed E-state index contributed by atoms with van der Waals surface area (Å²) in [5.74, 6) is 0.299. The average Bonchev–Trinajstić information content (AvgIpc) is 2.89. The lowest BCUT2D eigenvalue weighted by molar-refractivity contribution is -0.143. The summed E-state index contributed by atoms with van der Waals surface area (Å²) in [6.07, 6.45) is 4.59. The highest BCUT2D eigenvalue weighted by molar-refractivity contribution is 5.85. The quantitative estimate of drug-likeness (QED) is 0.859. The number of piperidine rings is 1. The van der Waals surface area contributed by atoms with Crippen molar-refractivity contribution in [1.29, 1.82) is 0 Å². The minimum absolute atomic E-state index is 0. The van der Waals surface area contributed by atoms with E-state index >= 15 is 0 Å². The number of carbonyl (C=O) groups is 1. The van der Waals surface area contributed by atoms with Crippen molar-refractivity contribution in [3.63, 3.8) is 0 Å². The summed E-state index contributed by atoms with van der Waals surface area (Å²) in [6.45, 7) is 8.43. The molecule has 112 valence electrons. The highest BCUT2D eigenvalue weighted by atomic mass is 35.5. The van der Waals surface area contributed by atoms with Gasteiger partial charge in [0.05, 0.1) is 11.5 Å². The molecule has 4 nitrogen and oxygen atoms in total. The van der Waals surface area contributed by atoms with Gasteiger partial charge in [-0.05, 0) is 46.1 Å². The van der Waals surface area contributed by atoms with Crippen LogP contribution >= 0.6 is 12.4 Å². The Balaban J connectivity index is 0.00000180. The van der Waals surface area contributed by atoms with E-state index in [1.165, 1.54) is 0 Å². The van der Waals surface area contributed by atoms with E-state index in [4.69, 9.17) is 4.74 Å². The molecule has 19 heavy (non-hydrogen) atoms. The molecule has 2 aliphatic rings. The molecule has 2 saturated heterocycles. The van der Waals surface area contributed by atoms with Crippen LogP contribution in [0.1, 0.15) is 39.5 Å². The van der Waals surface area contributed by atoms with Gasteiger partial charge in [0.1, 0.15) is 0 Å². The average molecular weight is 291 g/mol. The maximum absolute atomic E-state index is 12.7. The van der Waals surface area contributed by atoms with Gasteiger partial charge in [-0.15, -0.1) is 12.4 Å². The van der Waals surface area contributed by atoms with E-state index in [-0.39, 0.29) is 23.9 Å². The molecule has 1 amide bonds. The molecule has 2 rings (SSSR count). The SMILES string of the molecule is CCN(CC1CCCO1)C(=O)C1(C)CCCNC1.Cl. The van der Waals surface area contributed by atoms with Crippen LogP contribution in [0.2, 0.25) is 0 Å². The Bertz CT molecular complexity index is 287. The third kappa shape index (κ3) is 4.07. The first-order chi connectivity index (χ1) is 8.65. The van der Waals surface area contributed by atoms with Crippen LogP contribution in [-0.2, 0) is 9.53 Å². The second-order valence-electron chi connectivity index (χ2n) is 5.82. The van der Waals surface area contributed by atoms with Crippen LogP contribution in [0.3, 0.4) is 0 Å². The summed E-state index contributed by atoms with van der Waals surface area (Å²) in [7, 11) is 0. The van der Waals surface area contributed by atoms with Crippen LogP contribution < -0.4 is 5.32 Å². The van der Waals surface area contributed by atoms with Crippen LogP contribution in [0.5, 0.6) is 0 Å². The van der Waals surface area contributed by atoms with Crippen LogP contribution in [0.15, 0.2) is 0 Å². The standard InChI is InChI=1S/C14H26N2O2.ClH/c1-3-16(10-12-6-4-9-18-12)13(17)14(2)7-5-8-15-11-14;/h12,15H,3-11H2,1-2H3;1H. The normalized spacial score (nSPS) is 30.7. The third-order valence-electron chi connectivity index (χ3n) is 4.23. The summed E-state index contributed by atoms with van der Waals surface area (Å²) >= 11 is 0. The highest BCUT2D eigenvalue weighted by Gasteiger charge is 2.38. The third-order valence-corrected chi connectivity index (χ3v) is 4.23. The van der Waals surface area contributed by atoms with Gasteiger partial charge in [-0.2, -0.15) is 0 Å². The zero-order valence-corrected chi connectivity index (χ0v) is 12.9. The maximum Gasteiger partial charge on any atom is 0.229 e. The zero-order valence-electron chi connectivity index (χ0n) is 12.1. The summed E-state index contributed by atoms with van der Waals surface area (Å²) in [4.78, 5) is 14.7. The van der Waals surface area contributed by atoms with Gasteiger partial charge in [0.25, 0.3) is 0 Å². The number of nitrogens with one attached hydrogen (secondary N) is 1. The number of amides is 1. The van der Waals surface area contributed by atoms with Crippen LogP contribution in [0, 0.1) is 5.41 Å². The molecule has 0 aromatic rings. The molecule has 0 spiro atoms. The summed E-state index contributed by atoms with van der Waals surface area (Å²) < 4.78 is 5.65. The van der Waals surface area contributed by atoms with Crippen molar-refractivity contribution >= 4 is 18.3 Å². The number of nitrogens with zero attached hydrogens (tertiary/aromatic N) is 1. The maximum atomic E-state index is 12.7. The van der Waals surface area contributed by atoms with E-state index in [9.17, 15) is 4.79 Å². The summed E-state index contributed by atoms with van der Waals surface area (Å²) in [5.41, 5.74) is -0.215. The Kier molecular flexibility index (Phi) is 6.57. The predicted octanol–water partition coefficient (Wildman–Crippen LogP) is 1.83. The van der Waals surface area contributed by atoms with E-state index in [2.05, 4.69) is 19.2 Å². The lowest BCUT2D eigenvalue weighted by Crippen LogP contribution is -2.51. The fraction of sp³-hybridized carbons (Fsp3) is 0.929. The molecule has 2 heterocycles. The molecule has 0 radical (unpaired) electrons. The van der Waals surface area contributed by atoms with Crippen molar-refractivity contribution in [1.82, 2.24) is 10.2 Å². The van der Waals surface area contributed by atoms with E-state index in [1.807, 2.05) is 4.90 Å². The molecule has 5 heteroatoms. The first kappa shape index (κ1) is 16.7. The van der Waals surface area contributed by atoms with E-state index < -0.39 is 0 Å². The molecular weight excluding hydrogens is 264 g/mol. The predicted molar refractivity (Wildman–Crippen MR) is 78.7 cm³/mol. The van der Waals surface area contributed by atoms with Crippen LogP contribution in [0.25, 0.3) is 0 Å². The highest BCUT2D eigenvalue weighted by Crippen LogP contribution is 2.28. The van der Waals surface area contributed by atoms with Gasteiger partial charge in [-0.1, -0.05) is 0 Å². The topological polar surface area (TPSA) is 41.6 Å². The Morgan fingerprint density at radius 3 is 2.79 bits per heavy atom. The monoisotopic (exact) mass is 290 g/mol. The fourth-order valence-corrected chi connectivity index (χ4v) is 3.01. The summed E-state index contributed by atoms with van der Waals surface area (Å²) in [6, 6.07) is 0. The molecule has 0 aliphatic carbocycles. The van der Waals surface area contributed by atoms with Crippen molar-refractivity contribution in [3.05, 3.63) is 0 Å². The number of hydrogen-bond donors (Lipinski definition) is 1. The molecule has 2 unspecified atom stereocenters. The first-order valence-electron chi connectivity index (χ1n) is 7.27. The van der Waals surface area contributed by atoms with Crippen molar-refractivity contribution in [3.8, 4) is 0 Å². The van der Waals surface area contributed by atoms with Gasteiger partial charge in [-0.25, -0.2) is 0 Å². The lowest BCUT2D eigenvalue weighted by atomic mass is 9.81. The number of rotatable bonds is 4. The molecule has 2 atom stereocenters. The number of hydrogen-bond acceptors (Lipinski definition) is 3. The number of halogens is 1. The summed E-state index contributed by atoms with van der Waals surface area (Å²) in [5, 5.41) is 3.35. The Hall–Kier alpha value is -0.320. The van der Waals surface area contributed by atoms with Crippen molar-refractivity contribution < 1.29 is 9.53 Å². The zero-order chi connectivity index (χ0) is 13.0. The smallest absolute Gasteiger partial charge is 0.229 e. The van der Waals surface area contributed by atoms with Gasteiger partial charge in [0.15, 0.2) is 0 Å². The van der Waals surface area contributed by atoms with Crippen LogP contribution in [0.4, 0.5) is 0 Å². The van der Waals surface area contributed by atoms with Crippen molar-refractivity contribution in [2.24, 2.45) is 5.41 Å². The minimum atomic E-state index is -0.215. The lowest BCUT2D eigenvalue weighted by Gasteiger charge is -2.37. The Labute approximate surface area is 122 Å². The van der Waals surface area contributed by atoms with Gasteiger partial charge < -0.3 is 15.0 Å². The molecule has 0 aromatic carbocycles. The van der Waals surface area contributed by atoms with Gasteiger partial charge in [0, 0.05) is 26.2 Å². The molecule has 2 fully saturated rings. The van der Waals surface area contributed by atoms with Gasteiger partial charge >= 0.3 is 0 Å². The second kappa shape index (κ2) is 7.46. The first-order valence-corrected chi connectivity index (χ1v) is 7.27.